The lowest BCUT2D eigenvalue weighted by Crippen LogP contribution is -1.98. The summed E-state index contributed by atoms with van der Waals surface area (Å²) in [7, 11) is 0. The van der Waals surface area contributed by atoms with Crippen LogP contribution in [0.5, 0.6) is 0 Å². The van der Waals surface area contributed by atoms with Gasteiger partial charge in [-0.1, -0.05) is 5.16 Å². The molecule has 0 aliphatic rings. The third kappa shape index (κ3) is 0.883. The number of carbonyl (C=O) groups excluding carboxylic acids is 1. The Hall–Kier alpha value is -1.65. The SMILES string of the molecule is O=Cc1nocc1C(=O)O. The fraction of sp³-hybridized carbons (Fsp3) is 0. The van der Waals surface area contributed by atoms with Crippen LogP contribution in [-0.2, 0) is 0 Å². The minimum atomic E-state index is -1.22. The normalized spacial score (nSPS) is 9.20. The van der Waals surface area contributed by atoms with Crippen molar-refractivity contribution in [2.24, 2.45) is 0 Å². The minimum Gasteiger partial charge on any atom is -0.477 e. The van der Waals surface area contributed by atoms with E-state index in [0.717, 1.165) is 6.26 Å². The lowest BCUT2D eigenvalue weighted by atomic mass is 10.3. The van der Waals surface area contributed by atoms with E-state index >= 15 is 0 Å². The zero-order chi connectivity index (χ0) is 7.56. The number of hydrogen-bond donors (Lipinski definition) is 1. The highest BCUT2D eigenvalue weighted by Gasteiger charge is 2.12. The quantitative estimate of drug-likeness (QED) is 0.594. The van der Waals surface area contributed by atoms with E-state index in [4.69, 9.17) is 5.11 Å². The molecular weight excluding hydrogens is 138 g/mol. The van der Waals surface area contributed by atoms with Crippen LogP contribution in [0.15, 0.2) is 10.8 Å². The Morgan fingerprint density at radius 1 is 1.80 bits per heavy atom. The largest absolute Gasteiger partial charge is 0.477 e. The van der Waals surface area contributed by atoms with Gasteiger partial charge < -0.3 is 9.63 Å². The van der Waals surface area contributed by atoms with Crippen LogP contribution in [0, 0.1) is 0 Å². The highest BCUT2D eigenvalue weighted by atomic mass is 16.5. The highest BCUT2D eigenvalue weighted by molar-refractivity contribution is 5.95. The van der Waals surface area contributed by atoms with Gasteiger partial charge in [0.05, 0.1) is 0 Å². The number of carboxylic acids is 1. The first-order chi connectivity index (χ1) is 4.75. The molecule has 1 heterocycles. The number of rotatable bonds is 2. The molecule has 0 bridgehead atoms. The van der Waals surface area contributed by atoms with Gasteiger partial charge in [-0.2, -0.15) is 0 Å². The molecule has 0 aliphatic heterocycles. The van der Waals surface area contributed by atoms with E-state index in [1.54, 1.807) is 0 Å². The molecule has 5 nitrogen and oxygen atoms in total. The predicted molar refractivity (Wildman–Crippen MR) is 28.8 cm³/mol. The van der Waals surface area contributed by atoms with Gasteiger partial charge in [0.2, 0.25) is 0 Å². The summed E-state index contributed by atoms with van der Waals surface area (Å²) >= 11 is 0. The van der Waals surface area contributed by atoms with Gasteiger partial charge in [0.25, 0.3) is 0 Å². The fourth-order valence-corrected chi connectivity index (χ4v) is 0.490. The standard InChI is InChI=1S/C5H3NO4/c7-1-4-3(5(8)9)2-10-6-4/h1-2H,(H,8,9). The summed E-state index contributed by atoms with van der Waals surface area (Å²) in [5.41, 5.74) is -0.400. The Morgan fingerprint density at radius 3 is 2.90 bits per heavy atom. The molecule has 1 N–H and O–H groups in total. The fourth-order valence-electron chi connectivity index (χ4n) is 0.490. The van der Waals surface area contributed by atoms with E-state index in [-0.39, 0.29) is 11.3 Å². The smallest absolute Gasteiger partial charge is 0.341 e. The molecule has 0 saturated heterocycles. The monoisotopic (exact) mass is 141 g/mol. The van der Waals surface area contributed by atoms with Crippen LogP contribution in [0.25, 0.3) is 0 Å². The summed E-state index contributed by atoms with van der Waals surface area (Å²) in [5.74, 6) is -1.22. The summed E-state index contributed by atoms with van der Waals surface area (Å²) in [6, 6.07) is 0. The maximum Gasteiger partial charge on any atom is 0.341 e. The molecule has 0 amide bonds. The first-order valence-corrected chi connectivity index (χ1v) is 2.38. The molecule has 1 aromatic heterocycles. The van der Waals surface area contributed by atoms with E-state index in [2.05, 4.69) is 9.68 Å². The molecule has 0 spiro atoms. The van der Waals surface area contributed by atoms with Crippen LogP contribution in [0.2, 0.25) is 0 Å². The molecule has 0 unspecified atom stereocenters. The Labute approximate surface area is 55.2 Å². The van der Waals surface area contributed by atoms with E-state index in [9.17, 15) is 9.59 Å². The number of aromatic nitrogens is 1. The van der Waals surface area contributed by atoms with Gasteiger partial charge >= 0.3 is 5.97 Å². The molecule has 0 radical (unpaired) electrons. The first-order valence-electron chi connectivity index (χ1n) is 2.38. The van der Waals surface area contributed by atoms with Crippen molar-refractivity contribution in [1.82, 2.24) is 5.16 Å². The van der Waals surface area contributed by atoms with Crippen molar-refractivity contribution in [2.75, 3.05) is 0 Å². The molecule has 0 aromatic carbocycles. The zero-order valence-corrected chi connectivity index (χ0v) is 4.77. The minimum absolute atomic E-state index is 0.187. The van der Waals surface area contributed by atoms with Gasteiger partial charge in [0.15, 0.2) is 12.0 Å². The second-order valence-corrected chi connectivity index (χ2v) is 1.54. The van der Waals surface area contributed by atoms with E-state index in [0.29, 0.717) is 6.29 Å². The van der Waals surface area contributed by atoms with Gasteiger partial charge in [0.1, 0.15) is 11.8 Å². The van der Waals surface area contributed by atoms with Gasteiger partial charge in [-0.25, -0.2) is 4.79 Å². The molecule has 52 valence electrons. The third-order valence-electron chi connectivity index (χ3n) is 0.940. The summed E-state index contributed by atoms with van der Waals surface area (Å²) < 4.78 is 4.24. The van der Waals surface area contributed by atoms with E-state index in [1.807, 2.05) is 0 Å². The molecule has 5 heteroatoms. The van der Waals surface area contributed by atoms with Crippen LogP contribution in [0.4, 0.5) is 0 Å². The summed E-state index contributed by atoms with van der Waals surface area (Å²) in [4.78, 5) is 20.2. The van der Waals surface area contributed by atoms with Crippen molar-refractivity contribution < 1.29 is 19.2 Å². The van der Waals surface area contributed by atoms with Crippen LogP contribution in [0.1, 0.15) is 20.8 Å². The number of aldehydes is 1. The maximum absolute atomic E-state index is 10.2. The van der Waals surface area contributed by atoms with E-state index in [1.165, 1.54) is 0 Å². The highest BCUT2D eigenvalue weighted by Crippen LogP contribution is 2.02. The molecule has 10 heavy (non-hydrogen) atoms. The Bertz CT molecular complexity index is 264. The molecule has 1 aromatic rings. The van der Waals surface area contributed by atoms with Gasteiger partial charge in [-0.05, 0) is 0 Å². The first kappa shape index (κ1) is 6.47. The number of nitrogens with zero attached hydrogens (tertiary/aromatic N) is 1. The summed E-state index contributed by atoms with van der Waals surface area (Å²) in [6.45, 7) is 0. The van der Waals surface area contributed by atoms with Crippen molar-refractivity contribution in [2.45, 2.75) is 0 Å². The Balaban J connectivity index is 3.13. The Morgan fingerprint density at radius 2 is 2.50 bits per heavy atom. The van der Waals surface area contributed by atoms with Crippen LogP contribution < -0.4 is 0 Å². The molecular formula is C5H3NO4. The lowest BCUT2D eigenvalue weighted by molar-refractivity contribution is 0.0693. The van der Waals surface area contributed by atoms with E-state index < -0.39 is 5.97 Å². The average Bonchev–Trinajstić information content (AvgIpc) is 2.33. The third-order valence-corrected chi connectivity index (χ3v) is 0.940. The summed E-state index contributed by atoms with van der Waals surface area (Å²) in [5, 5.41) is 11.5. The maximum atomic E-state index is 10.2. The zero-order valence-electron chi connectivity index (χ0n) is 4.77. The van der Waals surface area contributed by atoms with Crippen LogP contribution in [0.3, 0.4) is 0 Å². The van der Waals surface area contributed by atoms with Crippen LogP contribution >= 0.6 is 0 Å². The predicted octanol–water partition coefficient (Wildman–Crippen LogP) is 0.185. The van der Waals surface area contributed by atoms with Crippen molar-refractivity contribution in [1.29, 1.82) is 0 Å². The van der Waals surface area contributed by atoms with Crippen LogP contribution in [-0.4, -0.2) is 22.5 Å². The molecule has 0 atom stereocenters. The van der Waals surface area contributed by atoms with Crippen molar-refractivity contribution in [3.63, 3.8) is 0 Å². The second-order valence-electron chi connectivity index (χ2n) is 1.54. The van der Waals surface area contributed by atoms with Gasteiger partial charge in [0, 0.05) is 0 Å². The Kier molecular flexibility index (Phi) is 1.49. The van der Waals surface area contributed by atoms with Gasteiger partial charge in [-0.3, -0.25) is 4.79 Å². The number of carbonyl (C=O) groups is 2. The second kappa shape index (κ2) is 2.30. The number of hydrogen-bond acceptors (Lipinski definition) is 4. The molecule has 0 saturated carbocycles. The van der Waals surface area contributed by atoms with Crippen molar-refractivity contribution in [3.05, 3.63) is 17.5 Å². The van der Waals surface area contributed by atoms with Crippen molar-refractivity contribution >= 4 is 12.3 Å². The average molecular weight is 141 g/mol. The van der Waals surface area contributed by atoms with Crippen molar-refractivity contribution in [3.8, 4) is 0 Å². The number of carboxylic acid groups (broad SMARTS) is 1. The van der Waals surface area contributed by atoms with Gasteiger partial charge in [-0.15, -0.1) is 0 Å². The molecule has 0 aliphatic carbocycles. The topological polar surface area (TPSA) is 80.4 Å². The molecule has 0 fully saturated rings. The lowest BCUT2D eigenvalue weighted by Gasteiger charge is -1.81. The molecule has 1 rings (SSSR count). The summed E-state index contributed by atoms with van der Waals surface area (Å²) in [6.07, 6.45) is 1.24. The number of aromatic carboxylic acids is 1.